The van der Waals surface area contributed by atoms with Gasteiger partial charge in [-0.05, 0) is 85.0 Å². The summed E-state index contributed by atoms with van der Waals surface area (Å²) in [5, 5.41) is 0. The highest BCUT2D eigenvalue weighted by molar-refractivity contribution is 7.84. The van der Waals surface area contributed by atoms with E-state index in [0.29, 0.717) is 19.0 Å². The maximum atomic E-state index is 12.9. The summed E-state index contributed by atoms with van der Waals surface area (Å²) >= 11 is 0. The van der Waals surface area contributed by atoms with Gasteiger partial charge in [-0.15, -0.1) is 0 Å². The number of hydrogen-bond donors (Lipinski definition) is 1. The number of allylic oxidation sites excluding steroid dienone is 1. The van der Waals surface area contributed by atoms with Crippen LogP contribution in [0, 0.1) is 11.3 Å². The zero-order chi connectivity index (χ0) is 20.0. The number of carbonyl (C=O) groups excluding carboxylic acids is 1. The Hall–Kier alpha value is -0.880. The van der Waals surface area contributed by atoms with Crippen molar-refractivity contribution in [2.24, 2.45) is 11.3 Å². The van der Waals surface area contributed by atoms with Gasteiger partial charge >= 0.3 is 6.09 Å². The normalized spacial score (nSPS) is 26.8. The molecule has 1 N–H and O–H groups in total. The summed E-state index contributed by atoms with van der Waals surface area (Å²) in [6, 6.07) is 0.172. The number of ether oxygens (including phenoxy) is 1. The monoisotopic (exact) mass is 396 g/mol. The van der Waals surface area contributed by atoms with Gasteiger partial charge in [-0.1, -0.05) is 11.6 Å². The Kier molecular flexibility index (Phi) is 5.54. The molecule has 3 rings (SSSR count). The number of nitrogens with one attached hydrogen (secondary N) is 1. The van der Waals surface area contributed by atoms with Gasteiger partial charge in [0, 0.05) is 19.1 Å². The molecule has 0 bridgehead atoms. The molecule has 2 fully saturated rings. The van der Waals surface area contributed by atoms with Crippen LogP contribution < -0.4 is 4.72 Å². The van der Waals surface area contributed by atoms with Gasteiger partial charge in [0.15, 0.2) is 0 Å². The third kappa shape index (κ3) is 4.76. The molecule has 0 radical (unpaired) electrons. The molecule has 0 aromatic heterocycles. The number of nitrogens with zero attached hydrogens (tertiary/aromatic N) is 1. The second-order valence-corrected chi connectivity index (χ2v) is 12.4. The Morgan fingerprint density at radius 3 is 2.26 bits per heavy atom. The van der Waals surface area contributed by atoms with Crippen molar-refractivity contribution in [3.63, 3.8) is 0 Å². The Morgan fingerprint density at radius 1 is 1.19 bits per heavy atom. The van der Waals surface area contributed by atoms with Crippen LogP contribution in [0.4, 0.5) is 4.79 Å². The average molecular weight is 397 g/mol. The van der Waals surface area contributed by atoms with E-state index in [-0.39, 0.29) is 22.3 Å². The van der Waals surface area contributed by atoms with Crippen molar-refractivity contribution in [1.29, 1.82) is 0 Å². The van der Waals surface area contributed by atoms with E-state index in [2.05, 4.69) is 10.8 Å². The average Bonchev–Trinajstić information content (AvgIpc) is 3.32. The van der Waals surface area contributed by atoms with Crippen molar-refractivity contribution in [2.75, 3.05) is 13.1 Å². The molecule has 3 aliphatic rings. The van der Waals surface area contributed by atoms with Crippen LogP contribution in [0.3, 0.4) is 0 Å². The van der Waals surface area contributed by atoms with Crippen molar-refractivity contribution in [3.8, 4) is 0 Å². The van der Waals surface area contributed by atoms with Gasteiger partial charge in [-0.2, -0.15) is 0 Å². The number of carbonyl (C=O) groups is 1. The van der Waals surface area contributed by atoms with E-state index < -0.39 is 16.6 Å². The lowest BCUT2D eigenvalue weighted by molar-refractivity contribution is 0.00879. The van der Waals surface area contributed by atoms with Crippen LogP contribution >= 0.6 is 0 Å². The van der Waals surface area contributed by atoms with Crippen LogP contribution in [0.2, 0.25) is 0 Å². The zero-order valence-electron chi connectivity index (χ0n) is 17.8. The maximum absolute atomic E-state index is 12.9. The van der Waals surface area contributed by atoms with Crippen LogP contribution in [-0.4, -0.2) is 44.7 Å². The molecule has 5 nitrogen and oxygen atoms in total. The highest BCUT2D eigenvalue weighted by Gasteiger charge is 2.50. The second kappa shape index (κ2) is 7.18. The van der Waals surface area contributed by atoms with E-state index in [1.165, 1.54) is 18.4 Å². The molecule has 1 aliphatic heterocycles. The molecule has 1 unspecified atom stereocenters. The highest BCUT2D eigenvalue weighted by Crippen LogP contribution is 2.52. The number of hydrogen-bond acceptors (Lipinski definition) is 3. The van der Waals surface area contributed by atoms with Crippen molar-refractivity contribution in [1.82, 2.24) is 9.62 Å². The molecule has 1 spiro atoms. The zero-order valence-corrected chi connectivity index (χ0v) is 18.6. The summed E-state index contributed by atoms with van der Waals surface area (Å²) in [4.78, 5) is 14.3. The minimum Gasteiger partial charge on any atom is -0.444 e. The molecule has 1 heterocycles. The molecule has 1 saturated carbocycles. The number of amides is 1. The fourth-order valence-corrected chi connectivity index (χ4v) is 5.11. The summed E-state index contributed by atoms with van der Waals surface area (Å²) in [5.74, 6) is 0.669. The van der Waals surface area contributed by atoms with E-state index in [1.54, 1.807) is 0 Å². The quantitative estimate of drug-likeness (QED) is 0.729. The predicted octanol–water partition coefficient (Wildman–Crippen LogP) is 4.16. The van der Waals surface area contributed by atoms with Crippen LogP contribution in [0.25, 0.3) is 0 Å². The summed E-state index contributed by atoms with van der Waals surface area (Å²) in [6.07, 6.45) is 7.58. The van der Waals surface area contributed by atoms with Gasteiger partial charge in [0.2, 0.25) is 0 Å². The summed E-state index contributed by atoms with van der Waals surface area (Å²) in [5.41, 5.74) is 1.09. The van der Waals surface area contributed by atoms with Crippen molar-refractivity contribution in [2.45, 2.75) is 90.0 Å². The van der Waals surface area contributed by atoms with Crippen LogP contribution in [-0.2, 0) is 15.7 Å². The van der Waals surface area contributed by atoms with Gasteiger partial charge in [0.05, 0.1) is 15.7 Å². The lowest BCUT2D eigenvalue weighted by atomic mass is 9.72. The third-order valence-corrected chi connectivity index (χ3v) is 7.49. The fourth-order valence-electron chi connectivity index (χ4n) is 4.16. The standard InChI is InChI=1S/C21H36N2O3S/c1-19(2,3)26-18(24)23-13-11-21(12-14-23)10-9-16(15-7-8-15)17(21)22-27(25)20(4,5)6/h9,15,17,22H,7-8,10-14H2,1-6H3/t17-,27?/m1/s1. The second-order valence-electron chi connectivity index (χ2n) is 10.4. The van der Waals surface area contributed by atoms with Crippen molar-refractivity contribution in [3.05, 3.63) is 11.6 Å². The molecule has 154 valence electrons. The topological polar surface area (TPSA) is 58.6 Å². The molecule has 1 saturated heterocycles. The molecule has 2 aliphatic carbocycles. The van der Waals surface area contributed by atoms with Gasteiger partial charge in [-0.25, -0.2) is 13.7 Å². The first-order chi connectivity index (χ1) is 12.4. The van der Waals surface area contributed by atoms with Crippen LogP contribution in [0.15, 0.2) is 11.6 Å². The molecule has 0 aromatic carbocycles. The summed E-state index contributed by atoms with van der Waals surface area (Å²) < 4.78 is 21.6. The molecule has 27 heavy (non-hydrogen) atoms. The summed E-state index contributed by atoms with van der Waals surface area (Å²) in [7, 11) is -1.09. The fraction of sp³-hybridized carbons (Fsp3) is 0.857. The van der Waals surface area contributed by atoms with Gasteiger partial charge in [0.25, 0.3) is 0 Å². The molecular formula is C21H36N2O3S. The van der Waals surface area contributed by atoms with Gasteiger partial charge in [-0.3, -0.25) is 0 Å². The highest BCUT2D eigenvalue weighted by atomic mass is 32.2. The Balaban J connectivity index is 1.69. The largest absolute Gasteiger partial charge is 0.444 e. The van der Waals surface area contributed by atoms with E-state index >= 15 is 0 Å². The minimum absolute atomic E-state index is 0.0807. The van der Waals surface area contributed by atoms with Crippen molar-refractivity contribution >= 4 is 17.1 Å². The van der Waals surface area contributed by atoms with Crippen molar-refractivity contribution < 1.29 is 13.7 Å². The van der Waals surface area contributed by atoms with Gasteiger partial charge < -0.3 is 9.64 Å². The van der Waals surface area contributed by atoms with E-state index in [1.807, 2.05) is 46.4 Å². The van der Waals surface area contributed by atoms with Gasteiger partial charge in [0.1, 0.15) is 5.60 Å². The minimum atomic E-state index is -1.09. The smallest absolute Gasteiger partial charge is 0.410 e. The Labute approximate surface area is 166 Å². The van der Waals surface area contributed by atoms with E-state index in [4.69, 9.17) is 4.74 Å². The summed E-state index contributed by atoms with van der Waals surface area (Å²) in [6.45, 7) is 13.2. The molecular weight excluding hydrogens is 360 g/mol. The Bertz CT molecular complexity index is 633. The van der Waals surface area contributed by atoms with Crippen LogP contribution in [0.5, 0.6) is 0 Å². The number of rotatable bonds is 3. The van der Waals surface area contributed by atoms with E-state index in [9.17, 15) is 9.00 Å². The molecule has 1 amide bonds. The van der Waals surface area contributed by atoms with E-state index in [0.717, 1.165) is 19.3 Å². The lowest BCUT2D eigenvalue weighted by Gasteiger charge is -2.44. The predicted molar refractivity (Wildman–Crippen MR) is 110 cm³/mol. The number of piperidine rings is 1. The molecule has 2 atom stereocenters. The first-order valence-corrected chi connectivity index (χ1v) is 11.4. The maximum Gasteiger partial charge on any atom is 0.410 e. The third-order valence-electron chi connectivity index (χ3n) is 5.93. The Morgan fingerprint density at radius 2 is 1.78 bits per heavy atom. The molecule has 6 heteroatoms. The lowest BCUT2D eigenvalue weighted by Crippen LogP contribution is -2.53. The van der Waals surface area contributed by atoms with Crippen LogP contribution in [0.1, 0.15) is 73.6 Å². The molecule has 0 aromatic rings. The first kappa shape index (κ1) is 20.8. The number of likely N-dealkylation sites (tertiary alicyclic amines) is 1. The first-order valence-electron chi connectivity index (χ1n) is 10.3. The SMILES string of the molecule is CC(C)(C)OC(=O)N1CCC2(CC=C(C3CC3)[C@H]2NS(=O)C(C)(C)C)CC1.